The summed E-state index contributed by atoms with van der Waals surface area (Å²) in [5.41, 5.74) is 1.49. The molecular weight excluding hydrogens is 387 g/mol. The van der Waals surface area contributed by atoms with Crippen LogP contribution in [-0.4, -0.2) is 24.6 Å². The van der Waals surface area contributed by atoms with Crippen molar-refractivity contribution in [1.82, 2.24) is 4.57 Å². The van der Waals surface area contributed by atoms with Gasteiger partial charge in [-0.05, 0) is 30.7 Å². The van der Waals surface area contributed by atoms with Gasteiger partial charge in [-0.25, -0.2) is 12.8 Å². The minimum atomic E-state index is -3.40. The number of aryl methyl sites for hydroxylation is 1. The number of rotatable bonds is 6. The first kappa shape index (κ1) is 19.4. The van der Waals surface area contributed by atoms with E-state index in [0.717, 1.165) is 5.52 Å². The van der Waals surface area contributed by atoms with Crippen molar-refractivity contribution in [1.29, 1.82) is 0 Å². The number of sulfone groups is 1. The van der Waals surface area contributed by atoms with Crippen LogP contribution in [0.5, 0.6) is 0 Å². The predicted molar refractivity (Wildman–Crippen MR) is 105 cm³/mol. The standard InChI is InChI=1S/C19H19FN2O3S2/c1-2-22-16-9-8-15(20)12-17(16)26-19(22)21-18(23)10-11-27(24,25)13-14-6-4-3-5-7-14/h3-9,12H,2,10-11,13H2,1H3. The number of benzene rings is 2. The highest BCUT2D eigenvalue weighted by atomic mass is 32.2. The summed E-state index contributed by atoms with van der Waals surface area (Å²) in [5, 5.41) is 0. The summed E-state index contributed by atoms with van der Waals surface area (Å²) in [6, 6.07) is 13.3. The molecule has 0 radical (unpaired) electrons. The summed E-state index contributed by atoms with van der Waals surface area (Å²) in [6.07, 6.45) is -0.179. The van der Waals surface area contributed by atoms with Crippen molar-refractivity contribution in [3.05, 3.63) is 64.7 Å². The maximum atomic E-state index is 13.4. The zero-order valence-corrected chi connectivity index (χ0v) is 16.4. The molecule has 3 rings (SSSR count). The zero-order valence-electron chi connectivity index (χ0n) is 14.8. The number of thiazole rings is 1. The fourth-order valence-electron chi connectivity index (χ4n) is 2.74. The van der Waals surface area contributed by atoms with Gasteiger partial charge in [-0.2, -0.15) is 4.99 Å². The lowest BCUT2D eigenvalue weighted by Gasteiger charge is -2.03. The Labute approximate surface area is 160 Å². The SMILES string of the molecule is CCn1c(=NC(=O)CCS(=O)(=O)Cc2ccccc2)sc2cc(F)ccc21. The third kappa shape index (κ3) is 4.90. The van der Waals surface area contributed by atoms with Crippen molar-refractivity contribution >= 4 is 37.3 Å². The van der Waals surface area contributed by atoms with Crippen LogP contribution in [0.15, 0.2) is 53.5 Å². The molecule has 0 spiro atoms. The maximum absolute atomic E-state index is 13.4. The van der Waals surface area contributed by atoms with Crippen LogP contribution in [0.1, 0.15) is 18.9 Å². The van der Waals surface area contributed by atoms with Crippen LogP contribution >= 0.6 is 11.3 Å². The van der Waals surface area contributed by atoms with Gasteiger partial charge in [0.2, 0.25) is 5.91 Å². The zero-order chi connectivity index (χ0) is 19.4. The van der Waals surface area contributed by atoms with E-state index < -0.39 is 15.7 Å². The van der Waals surface area contributed by atoms with Gasteiger partial charge in [0, 0.05) is 13.0 Å². The second-order valence-electron chi connectivity index (χ2n) is 6.07. The topological polar surface area (TPSA) is 68.5 Å². The molecule has 8 heteroatoms. The monoisotopic (exact) mass is 406 g/mol. The van der Waals surface area contributed by atoms with Gasteiger partial charge in [0.15, 0.2) is 14.6 Å². The smallest absolute Gasteiger partial charge is 0.249 e. The van der Waals surface area contributed by atoms with E-state index in [1.54, 1.807) is 30.3 Å². The highest BCUT2D eigenvalue weighted by molar-refractivity contribution is 7.90. The van der Waals surface area contributed by atoms with Gasteiger partial charge >= 0.3 is 0 Å². The summed E-state index contributed by atoms with van der Waals surface area (Å²) in [4.78, 5) is 16.7. The predicted octanol–water partition coefficient (Wildman–Crippen LogP) is 3.29. The third-order valence-electron chi connectivity index (χ3n) is 4.04. The maximum Gasteiger partial charge on any atom is 0.249 e. The van der Waals surface area contributed by atoms with E-state index >= 15 is 0 Å². The normalized spacial score (nSPS) is 12.6. The van der Waals surface area contributed by atoms with Crippen molar-refractivity contribution in [2.75, 3.05) is 5.75 Å². The highest BCUT2D eigenvalue weighted by Gasteiger charge is 2.15. The molecule has 0 saturated carbocycles. The number of amides is 1. The largest absolute Gasteiger partial charge is 0.317 e. The molecule has 1 amide bonds. The molecule has 27 heavy (non-hydrogen) atoms. The van der Waals surface area contributed by atoms with Gasteiger partial charge in [0.05, 0.1) is 21.7 Å². The van der Waals surface area contributed by atoms with Crippen LogP contribution < -0.4 is 4.80 Å². The van der Waals surface area contributed by atoms with E-state index in [2.05, 4.69) is 4.99 Å². The van der Waals surface area contributed by atoms with E-state index in [1.165, 1.54) is 23.5 Å². The molecule has 142 valence electrons. The lowest BCUT2D eigenvalue weighted by atomic mass is 10.2. The molecule has 2 aromatic carbocycles. The van der Waals surface area contributed by atoms with E-state index in [1.807, 2.05) is 17.6 Å². The fourth-order valence-corrected chi connectivity index (χ4v) is 5.21. The average molecular weight is 407 g/mol. The Morgan fingerprint density at radius 3 is 2.63 bits per heavy atom. The Kier molecular flexibility index (Phi) is 5.86. The molecule has 5 nitrogen and oxygen atoms in total. The average Bonchev–Trinajstić information content (AvgIpc) is 2.96. The van der Waals surface area contributed by atoms with Gasteiger partial charge in [-0.3, -0.25) is 4.79 Å². The minimum Gasteiger partial charge on any atom is -0.317 e. The van der Waals surface area contributed by atoms with E-state index in [-0.39, 0.29) is 23.7 Å². The van der Waals surface area contributed by atoms with Crippen molar-refractivity contribution in [3.8, 4) is 0 Å². The molecule has 0 fully saturated rings. The van der Waals surface area contributed by atoms with Gasteiger partial charge in [-0.15, -0.1) is 0 Å². The van der Waals surface area contributed by atoms with E-state index in [0.29, 0.717) is 21.6 Å². The van der Waals surface area contributed by atoms with Crippen molar-refractivity contribution in [3.63, 3.8) is 0 Å². The van der Waals surface area contributed by atoms with Crippen molar-refractivity contribution < 1.29 is 17.6 Å². The Bertz CT molecular complexity index is 1130. The number of halogens is 1. The molecule has 3 aromatic rings. The third-order valence-corrected chi connectivity index (χ3v) is 6.68. The molecule has 0 unspecified atom stereocenters. The molecule has 0 aliphatic carbocycles. The number of carbonyl (C=O) groups is 1. The van der Waals surface area contributed by atoms with Gasteiger partial charge < -0.3 is 4.57 Å². The summed E-state index contributed by atoms with van der Waals surface area (Å²) < 4.78 is 40.4. The van der Waals surface area contributed by atoms with Crippen LogP contribution in [0, 0.1) is 5.82 Å². The number of hydrogen-bond acceptors (Lipinski definition) is 4. The van der Waals surface area contributed by atoms with Gasteiger partial charge in [-0.1, -0.05) is 41.7 Å². The minimum absolute atomic E-state index is 0.0990. The van der Waals surface area contributed by atoms with Crippen LogP contribution in [0.3, 0.4) is 0 Å². The Hall–Kier alpha value is -2.32. The Morgan fingerprint density at radius 1 is 1.19 bits per heavy atom. The number of fused-ring (bicyclic) bond motifs is 1. The lowest BCUT2D eigenvalue weighted by molar-refractivity contribution is -0.117. The lowest BCUT2D eigenvalue weighted by Crippen LogP contribution is -2.18. The first-order chi connectivity index (χ1) is 12.9. The summed E-state index contributed by atoms with van der Waals surface area (Å²) in [6.45, 7) is 2.48. The molecule has 0 bridgehead atoms. The number of carbonyl (C=O) groups excluding carboxylic acids is 1. The van der Waals surface area contributed by atoms with Crippen LogP contribution in [0.4, 0.5) is 4.39 Å². The molecule has 0 saturated heterocycles. The number of hydrogen-bond donors (Lipinski definition) is 0. The molecular formula is C19H19FN2O3S2. The van der Waals surface area contributed by atoms with Gasteiger partial charge in [0.1, 0.15) is 5.82 Å². The Balaban J connectivity index is 1.76. The second kappa shape index (κ2) is 8.14. The highest BCUT2D eigenvalue weighted by Crippen LogP contribution is 2.18. The first-order valence-corrected chi connectivity index (χ1v) is 11.1. The summed E-state index contributed by atoms with van der Waals surface area (Å²) in [5.74, 6) is -1.20. The Morgan fingerprint density at radius 2 is 1.93 bits per heavy atom. The first-order valence-electron chi connectivity index (χ1n) is 8.49. The quantitative estimate of drug-likeness (QED) is 0.631. The molecule has 0 aliphatic heterocycles. The molecule has 1 heterocycles. The fraction of sp³-hybridized carbons (Fsp3) is 0.263. The van der Waals surface area contributed by atoms with Crippen molar-refractivity contribution in [2.24, 2.45) is 4.99 Å². The van der Waals surface area contributed by atoms with Crippen LogP contribution in [0.25, 0.3) is 10.2 Å². The van der Waals surface area contributed by atoms with Crippen LogP contribution in [0.2, 0.25) is 0 Å². The molecule has 0 aliphatic rings. The summed E-state index contributed by atoms with van der Waals surface area (Å²) >= 11 is 1.21. The van der Waals surface area contributed by atoms with Crippen LogP contribution in [-0.2, 0) is 26.9 Å². The molecule has 1 aromatic heterocycles. The van der Waals surface area contributed by atoms with E-state index in [9.17, 15) is 17.6 Å². The number of nitrogens with zero attached hydrogens (tertiary/aromatic N) is 2. The van der Waals surface area contributed by atoms with E-state index in [4.69, 9.17) is 0 Å². The molecule has 0 N–H and O–H groups in total. The van der Waals surface area contributed by atoms with Crippen molar-refractivity contribution in [2.45, 2.75) is 25.6 Å². The molecule has 0 atom stereocenters. The second-order valence-corrected chi connectivity index (χ2v) is 9.27. The summed E-state index contributed by atoms with van der Waals surface area (Å²) in [7, 11) is -3.40. The number of aromatic nitrogens is 1. The van der Waals surface area contributed by atoms with Gasteiger partial charge in [0.25, 0.3) is 0 Å².